The van der Waals surface area contributed by atoms with Crippen molar-refractivity contribution in [3.8, 4) is 22.8 Å². The van der Waals surface area contributed by atoms with Gasteiger partial charge in [-0.3, -0.25) is 9.78 Å². The number of hydrogen-bond acceptors (Lipinski definition) is 4. The van der Waals surface area contributed by atoms with E-state index in [0.29, 0.717) is 28.5 Å². The van der Waals surface area contributed by atoms with Gasteiger partial charge in [-0.2, -0.15) is 0 Å². The lowest BCUT2D eigenvalue weighted by atomic mass is 10.1. The lowest BCUT2D eigenvalue weighted by molar-refractivity contribution is 0.395. The molecule has 0 spiro atoms. The minimum Gasteiger partial charge on any atom is -0.497 e. The van der Waals surface area contributed by atoms with Gasteiger partial charge in [-0.1, -0.05) is 30.3 Å². The molecule has 0 amide bonds. The second-order valence-electron chi connectivity index (χ2n) is 5.46. The lowest BCUT2D eigenvalue weighted by Crippen LogP contribution is -2.15. The van der Waals surface area contributed by atoms with Crippen LogP contribution < -0.4 is 15.0 Å². The molecule has 2 aromatic carbocycles. The molecule has 0 aliphatic carbocycles. The summed E-state index contributed by atoms with van der Waals surface area (Å²) in [5.74, 6) is 1.29. The van der Waals surface area contributed by atoms with Crippen LogP contribution in [0.5, 0.6) is 11.5 Å². The van der Waals surface area contributed by atoms with Crippen LogP contribution in [0, 0.1) is 4.77 Å². The smallest absolute Gasteiger partial charge is 0.252 e. The number of H-pyrrole nitrogens is 1. The topological polar surface area (TPSA) is 56.2 Å². The number of nitrogens with zero attached hydrogens (tertiary/aromatic N) is 1. The van der Waals surface area contributed by atoms with Gasteiger partial charge in [0.1, 0.15) is 11.5 Å². The Labute approximate surface area is 150 Å². The van der Waals surface area contributed by atoms with E-state index < -0.39 is 0 Å². The summed E-state index contributed by atoms with van der Waals surface area (Å²) < 4.78 is 13.0. The molecule has 3 rings (SSSR count). The van der Waals surface area contributed by atoms with Crippen LogP contribution in [0.15, 0.2) is 59.4 Å². The van der Waals surface area contributed by atoms with Gasteiger partial charge in [0.25, 0.3) is 5.56 Å². The highest BCUT2D eigenvalue weighted by molar-refractivity contribution is 7.71. The van der Waals surface area contributed by atoms with Crippen molar-refractivity contribution in [3.63, 3.8) is 0 Å². The van der Waals surface area contributed by atoms with Crippen molar-refractivity contribution in [2.75, 3.05) is 14.2 Å². The van der Waals surface area contributed by atoms with Crippen molar-refractivity contribution in [1.29, 1.82) is 0 Å². The van der Waals surface area contributed by atoms with Crippen molar-refractivity contribution in [2.45, 2.75) is 6.54 Å². The summed E-state index contributed by atoms with van der Waals surface area (Å²) >= 11 is 5.40. The molecule has 0 aliphatic heterocycles. The molecular weight excluding hydrogens is 336 g/mol. The van der Waals surface area contributed by atoms with E-state index in [-0.39, 0.29) is 5.56 Å². The summed E-state index contributed by atoms with van der Waals surface area (Å²) in [4.78, 5) is 14.7. The van der Waals surface area contributed by atoms with E-state index >= 15 is 0 Å². The van der Waals surface area contributed by atoms with Gasteiger partial charge in [0.2, 0.25) is 0 Å². The van der Waals surface area contributed by atoms with Gasteiger partial charge in [-0.05, 0) is 29.9 Å². The third kappa shape index (κ3) is 3.64. The molecular formula is C19H18N2O3S. The summed E-state index contributed by atoms with van der Waals surface area (Å²) in [7, 11) is 3.18. The van der Waals surface area contributed by atoms with Crippen LogP contribution in [0.3, 0.4) is 0 Å². The Morgan fingerprint density at radius 2 is 1.80 bits per heavy atom. The summed E-state index contributed by atoms with van der Waals surface area (Å²) in [5, 5.41) is 0. The molecule has 128 valence electrons. The summed E-state index contributed by atoms with van der Waals surface area (Å²) in [6, 6.07) is 16.9. The quantitative estimate of drug-likeness (QED) is 0.711. The number of aromatic nitrogens is 2. The SMILES string of the molecule is COc1ccc(-c2cc(=O)[nH]c(=S)n2Cc2ccccc2)c(OC)c1. The van der Waals surface area contributed by atoms with E-state index in [0.717, 1.165) is 11.1 Å². The Kier molecular flexibility index (Phi) is 5.00. The average Bonchev–Trinajstić information content (AvgIpc) is 2.64. The highest BCUT2D eigenvalue weighted by atomic mass is 32.1. The zero-order chi connectivity index (χ0) is 17.8. The van der Waals surface area contributed by atoms with Gasteiger partial charge in [0.05, 0.1) is 26.5 Å². The molecule has 0 saturated carbocycles. The maximum Gasteiger partial charge on any atom is 0.252 e. The molecule has 0 unspecified atom stereocenters. The first-order valence-corrected chi connectivity index (χ1v) is 8.13. The third-order valence-electron chi connectivity index (χ3n) is 3.90. The molecule has 1 N–H and O–H groups in total. The van der Waals surface area contributed by atoms with E-state index in [4.69, 9.17) is 21.7 Å². The molecule has 6 heteroatoms. The average molecular weight is 354 g/mol. The highest BCUT2D eigenvalue weighted by Crippen LogP contribution is 2.33. The van der Waals surface area contributed by atoms with Crippen LogP contribution in [0.25, 0.3) is 11.3 Å². The fourth-order valence-electron chi connectivity index (χ4n) is 2.68. The maximum atomic E-state index is 12.0. The molecule has 0 atom stereocenters. The van der Waals surface area contributed by atoms with Crippen LogP contribution in [0.4, 0.5) is 0 Å². The molecule has 0 bridgehead atoms. The number of hydrogen-bond donors (Lipinski definition) is 1. The standard InChI is InChI=1S/C19H18N2O3S/c1-23-14-8-9-15(17(10-14)24-2)16-11-18(22)20-19(25)21(16)12-13-6-4-3-5-7-13/h3-11H,12H2,1-2H3,(H,20,22,25). The first-order chi connectivity index (χ1) is 12.1. The van der Waals surface area contributed by atoms with E-state index in [2.05, 4.69) is 4.98 Å². The van der Waals surface area contributed by atoms with E-state index in [1.54, 1.807) is 20.3 Å². The first kappa shape index (κ1) is 17.0. The molecule has 3 aromatic rings. The van der Waals surface area contributed by atoms with Crippen molar-refractivity contribution >= 4 is 12.2 Å². The second kappa shape index (κ2) is 7.36. The number of benzene rings is 2. The Morgan fingerprint density at radius 1 is 1.04 bits per heavy atom. The van der Waals surface area contributed by atoms with E-state index in [1.807, 2.05) is 47.0 Å². The monoisotopic (exact) mass is 354 g/mol. The predicted molar refractivity (Wildman–Crippen MR) is 100.0 cm³/mol. The van der Waals surface area contributed by atoms with E-state index in [9.17, 15) is 4.79 Å². The maximum absolute atomic E-state index is 12.0. The zero-order valence-electron chi connectivity index (χ0n) is 14.0. The summed E-state index contributed by atoms with van der Waals surface area (Å²) in [6.45, 7) is 0.543. The van der Waals surface area contributed by atoms with Gasteiger partial charge in [-0.25, -0.2) is 0 Å². The van der Waals surface area contributed by atoms with Crippen LogP contribution >= 0.6 is 12.2 Å². The van der Waals surface area contributed by atoms with Crippen molar-refractivity contribution in [1.82, 2.24) is 9.55 Å². The minimum atomic E-state index is -0.248. The fraction of sp³-hybridized carbons (Fsp3) is 0.158. The second-order valence-corrected chi connectivity index (χ2v) is 5.85. The Morgan fingerprint density at radius 3 is 2.48 bits per heavy atom. The van der Waals surface area contributed by atoms with Gasteiger partial charge in [-0.15, -0.1) is 0 Å². The number of ether oxygens (including phenoxy) is 2. The van der Waals surface area contributed by atoms with Crippen LogP contribution in [0.2, 0.25) is 0 Å². The van der Waals surface area contributed by atoms with Gasteiger partial charge < -0.3 is 14.0 Å². The fourth-order valence-corrected chi connectivity index (χ4v) is 2.94. The number of aromatic amines is 1. The molecule has 0 aliphatic rings. The Hall–Kier alpha value is -2.86. The van der Waals surface area contributed by atoms with Gasteiger partial charge >= 0.3 is 0 Å². The van der Waals surface area contributed by atoms with E-state index in [1.165, 1.54) is 6.07 Å². The number of nitrogens with one attached hydrogen (secondary N) is 1. The van der Waals surface area contributed by atoms with Crippen LogP contribution in [0.1, 0.15) is 5.56 Å². The molecule has 1 heterocycles. The van der Waals surface area contributed by atoms with Gasteiger partial charge in [0, 0.05) is 17.7 Å². The van der Waals surface area contributed by atoms with Crippen molar-refractivity contribution in [2.24, 2.45) is 0 Å². The van der Waals surface area contributed by atoms with Crippen LogP contribution in [-0.4, -0.2) is 23.8 Å². The molecule has 25 heavy (non-hydrogen) atoms. The minimum absolute atomic E-state index is 0.248. The highest BCUT2D eigenvalue weighted by Gasteiger charge is 2.13. The predicted octanol–water partition coefficient (Wildman–Crippen LogP) is 3.64. The van der Waals surface area contributed by atoms with Crippen molar-refractivity contribution < 1.29 is 9.47 Å². The molecule has 0 saturated heterocycles. The Balaban J connectivity index is 2.19. The van der Waals surface area contributed by atoms with Gasteiger partial charge in [0.15, 0.2) is 4.77 Å². The molecule has 0 fully saturated rings. The largest absolute Gasteiger partial charge is 0.497 e. The third-order valence-corrected chi connectivity index (χ3v) is 4.22. The van der Waals surface area contributed by atoms with Crippen molar-refractivity contribution in [3.05, 3.63) is 75.3 Å². The molecule has 5 nitrogen and oxygen atoms in total. The zero-order valence-corrected chi connectivity index (χ0v) is 14.8. The first-order valence-electron chi connectivity index (χ1n) is 7.73. The van der Waals surface area contributed by atoms with Crippen LogP contribution in [-0.2, 0) is 6.54 Å². The lowest BCUT2D eigenvalue weighted by Gasteiger charge is -2.16. The summed E-state index contributed by atoms with van der Waals surface area (Å²) in [6.07, 6.45) is 0. The Bertz CT molecular complexity index is 994. The normalized spacial score (nSPS) is 10.5. The number of methoxy groups -OCH3 is 2. The summed E-state index contributed by atoms with van der Waals surface area (Å²) in [5.41, 5.74) is 2.30. The molecule has 0 radical (unpaired) electrons. The number of rotatable bonds is 5. The molecule has 1 aromatic heterocycles.